The average molecular weight is 221 g/mol. The van der Waals surface area contributed by atoms with Crippen molar-refractivity contribution in [2.45, 2.75) is 25.4 Å². The van der Waals surface area contributed by atoms with Gasteiger partial charge in [0.1, 0.15) is 5.75 Å². The van der Waals surface area contributed by atoms with Crippen LogP contribution >= 0.6 is 0 Å². The third kappa shape index (κ3) is 2.33. The van der Waals surface area contributed by atoms with Crippen molar-refractivity contribution in [1.29, 1.82) is 0 Å². The summed E-state index contributed by atoms with van der Waals surface area (Å²) in [5.41, 5.74) is 0.641. The summed E-state index contributed by atoms with van der Waals surface area (Å²) in [6.45, 7) is 0. The number of aliphatic hydroxyl groups is 1. The zero-order chi connectivity index (χ0) is 11.5. The molecule has 2 rings (SSSR count). The average Bonchev–Trinajstić information content (AvgIpc) is 2.68. The molecule has 2 atom stereocenters. The first-order valence-corrected chi connectivity index (χ1v) is 5.45. The summed E-state index contributed by atoms with van der Waals surface area (Å²) in [6, 6.07) is 6.30. The van der Waals surface area contributed by atoms with Gasteiger partial charge in [0, 0.05) is 5.69 Å². The van der Waals surface area contributed by atoms with E-state index in [9.17, 15) is 9.90 Å². The molecule has 4 nitrogen and oxygen atoms in total. The summed E-state index contributed by atoms with van der Waals surface area (Å²) in [5, 5.41) is 21.4. The summed E-state index contributed by atoms with van der Waals surface area (Å²) < 4.78 is 0. The van der Waals surface area contributed by atoms with Gasteiger partial charge in [0.15, 0.2) is 0 Å². The number of carbonyl (C=O) groups excluding carboxylic acids is 1. The Balaban J connectivity index is 1.99. The maximum absolute atomic E-state index is 11.8. The number of anilines is 1. The van der Waals surface area contributed by atoms with Crippen LogP contribution in [0, 0.1) is 5.92 Å². The second kappa shape index (κ2) is 4.53. The number of hydrogen-bond acceptors (Lipinski definition) is 3. The molecular formula is C12H15NO3. The monoisotopic (exact) mass is 221 g/mol. The summed E-state index contributed by atoms with van der Waals surface area (Å²) in [6.07, 6.45) is 1.82. The summed E-state index contributed by atoms with van der Waals surface area (Å²) in [5.74, 6) is -0.275. The number of aromatic hydroxyl groups is 1. The minimum atomic E-state index is -0.517. The van der Waals surface area contributed by atoms with Crippen molar-refractivity contribution in [1.82, 2.24) is 0 Å². The standard InChI is InChI=1S/C12H15NO3/c14-9-6-4-8(5-7-9)13-12(16)10-2-1-3-11(10)15/h4-7,10-11,14-15H,1-3H2,(H,13,16). The molecule has 1 saturated carbocycles. The number of nitrogens with one attached hydrogen (secondary N) is 1. The van der Waals surface area contributed by atoms with E-state index in [1.807, 2.05) is 0 Å². The van der Waals surface area contributed by atoms with Crippen LogP contribution in [0.15, 0.2) is 24.3 Å². The Morgan fingerprint density at radius 3 is 2.50 bits per heavy atom. The predicted molar refractivity (Wildman–Crippen MR) is 60.1 cm³/mol. The van der Waals surface area contributed by atoms with Crippen LogP contribution in [0.2, 0.25) is 0 Å². The van der Waals surface area contributed by atoms with Gasteiger partial charge in [-0.05, 0) is 43.5 Å². The molecule has 0 aliphatic heterocycles. The van der Waals surface area contributed by atoms with Crippen LogP contribution in [0.25, 0.3) is 0 Å². The maximum atomic E-state index is 11.8. The van der Waals surface area contributed by atoms with Crippen LogP contribution in [-0.4, -0.2) is 22.2 Å². The lowest BCUT2D eigenvalue weighted by atomic mass is 10.1. The molecule has 3 N–H and O–H groups in total. The molecule has 4 heteroatoms. The first kappa shape index (κ1) is 11.0. The lowest BCUT2D eigenvalue weighted by Crippen LogP contribution is -2.28. The van der Waals surface area contributed by atoms with Crippen molar-refractivity contribution in [3.05, 3.63) is 24.3 Å². The lowest BCUT2D eigenvalue weighted by molar-refractivity contribution is -0.122. The smallest absolute Gasteiger partial charge is 0.230 e. The molecule has 0 radical (unpaired) electrons. The van der Waals surface area contributed by atoms with Gasteiger partial charge in [-0.1, -0.05) is 0 Å². The van der Waals surface area contributed by atoms with E-state index in [1.54, 1.807) is 12.1 Å². The Morgan fingerprint density at radius 1 is 1.25 bits per heavy atom. The van der Waals surface area contributed by atoms with E-state index in [2.05, 4.69) is 5.32 Å². The molecule has 1 amide bonds. The van der Waals surface area contributed by atoms with Crippen LogP contribution in [-0.2, 0) is 4.79 Å². The molecule has 0 saturated heterocycles. The van der Waals surface area contributed by atoms with Gasteiger partial charge in [0.2, 0.25) is 5.91 Å². The van der Waals surface area contributed by atoms with E-state index in [4.69, 9.17) is 5.11 Å². The molecule has 1 aromatic carbocycles. The largest absolute Gasteiger partial charge is 0.508 e. The highest BCUT2D eigenvalue weighted by atomic mass is 16.3. The van der Waals surface area contributed by atoms with Crippen LogP contribution in [0.1, 0.15) is 19.3 Å². The number of carbonyl (C=O) groups is 1. The number of rotatable bonds is 2. The fraction of sp³-hybridized carbons (Fsp3) is 0.417. The minimum Gasteiger partial charge on any atom is -0.508 e. The SMILES string of the molecule is O=C(Nc1ccc(O)cc1)C1CCCC1O. The van der Waals surface area contributed by atoms with Crippen LogP contribution in [0.5, 0.6) is 5.75 Å². The van der Waals surface area contributed by atoms with Gasteiger partial charge >= 0.3 is 0 Å². The van der Waals surface area contributed by atoms with Crippen LogP contribution in [0.3, 0.4) is 0 Å². The number of phenolic OH excluding ortho intramolecular Hbond substituents is 1. The van der Waals surface area contributed by atoms with Crippen molar-refractivity contribution in [2.24, 2.45) is 5.92 Å². The predicted octanol–water partition coefficient (Wildman–Crippen LogP) is 1.49. The first-order chi connectivity index (χ1) is 7.66. The Morgan fingerprint density at radius 2 is 1.94 bits per heavy atom. The molecule has 2 unspecified atom stereocenters. The maximum Gasteiger partial charge on any atom is 0.230 e. The molecule has 1 aliphatic carbocycles. The molecule has 16 heavy (non-hydrogen) atoms. The Labute approximate surface area is 93.9 Å². The first-order valence-electron chi connectivity index (χ1n) is 5.45. The van der Waals surface area contributed by atoms with E-state index in [1.165, 1.54) is 12.1 Å². The topological polar surface area (TPSA) is 69.6 Å². The molecular weight excluding hydrogens is 206 g/mol. The molecule has 0 bridgehead atoms. The van der Waals surface area contributed by atoms with Crippen molar-refractivity contribution in [2.75, 3.05) is 5.32 Å². The van der Waals surface area contributed by atoms with Gasteiger partial charge in [0.05, 0.1) is 12.0 Å². The fourth-order valence-electron chi connectivity index (χ4n) is 2.03. The van der Waals surface area contributed by atoms with Crippen LogP contribution in [0.4, 0.5) is 5.69 Å². The molecule has 0 heterocycles. The minimum absolute atomic E-state index is 0.143. The van der Waals surface area contributed by atoms with Gasteiger partial charge in [-0.3, -0.25) is 4.79 Å². The normalized spacial score (nSPS) is 24.3. The highest BCUT2D eigenvalue weighted by molar-refractivity contribution is 5.93. The molecule has 0 aromatic heterocycles. The Kier molecular flexibility index (Phi) is 3.10. The van der Waals surface area contributed by atoms with Crippen LogP contribution < -0.4 is 5.32 Å². The summed E-state index contributed by atoms with van der Waals surface area (Å²) in [7, 11) is 0. The number of phenols is 1. The fourth-order valence-corrected chi connectivity index (χ4v) is 2.03. The molecule has 1 fully saturated rings. The van der Waals surface area contributed by atoms with Crippen molar-refractivity contribution < 1.29 is 15.0 Å². The van der Waals surface area contributed by atoms with E-state index < -0.39 is 6.10 Å². The summed E-state index contributed by atoms with van der Waals surface area (Å²) >= 11 is 0. The molecule has 0 spiro atoms. The van der Waals surface area contributed by atoms with Gasteiger partial charge < -0.3 is 15.5 Å². The third-order valence-corrected chi connectivity index (χ3v) is 2.95. The number of hydrogen-bond donors (Lipinski definition) is 3. The van der Waals surface area contributed by atoms with E-state index >= 15 is 0 Å². The van der Waals surface area contributed by atoms with Crippen molar-refractivity contribution in [3.63, 3.8) is 0 Å². The van der Waals surface area contributed by atoms with Gasteiger partial charge in [0.25, 0.3) is 0 Å². The van der Waals surface area contributed by atoms with Gasteiger partial charge in [-0.2, -0.15) is 0 Å². The van der Waals surface area contributed by atoms with E-state index in [-0.39, 0.29) is 17.6 Å². The Bertz CT molecular complexity index is 374. The van der Waals surface area contributed by atoms with E-state index in [0.29, 0.717) is 12.1 Å². The zero-order valence-corrected chi connectivity index (χ0v) is 8.89. The number of benzene rings is 1. The Hall–Kier alpha value is -1.55. The lowest BCUT2D eigenvalue weighted by Gasteiger charge is -2.14. The second-order valence-electron chi connectivity index (χ2n) is 4.14. The number of amides is 1. The van der Waals surface area contributed by atoms with Crippen molar-refractivity contribution >= 4 is 11.6 Å². The zero-order valence-electron chi connectivity index (χ0n) is 8.89. The summed E-state index contributed by atoms with van der Waals surface area (Å²) in [4.78, 5) is 11.8. The van der Waals surface area contributed by atoms with Crippen molar-refractivity contribution in [3.8, 4) is 5.75 Å². The quantitative estimate of drug-likeness (QED) is 0.663. The van der Waals surface area contributed by atoms with E-state index in [0.717, 1.165) is 12.8 Å². The van der Waals surface area contributed by atoms with Gasteiger partial charge in [-0.15, -0.1) is 0 Å². The van der Waals surface area contributed by atoms with Gasteiger partial charge in [-0.25, -0.2) is 0 Å². The molecule has 1 aromatic rings. The highest BCUT2D eigenvalue weighted by Crippen LogP contribution is 2.26. The number of aliphatic hydroxyl groups excluding tert-OH is 1. The second-order valence-corrected chi connectivity index (χ2v) is 4.14. The third-order valence-electron chi connectivity index (χ3n) is 2.95. The highest BCUT2D eigenvalue weighted by Gasteiger charge is 2.31. The molecule has 86 valence electrons. The molecule has 1 aliphatic rings.